The molecule has 0 atom stereocenters. The lowest BCUT2D eigenvalue weighted by atomic mass is 9.99. The number of anilines is 1. The van der Waals surface area contributed by atoms with E-state index in [2.05, 4.69) is 46.6 Å². The summed E-state index contributed by atoms with van der Waals surface area (Å²) in [6.45, 7) is 7.18. The van der Waals surface area contributed by atoms with E-state index in [1.54, 1.807) is 12.1 Å². The summed E-state index contributed by atoms with van der Waals surface area (Å²) < 4.78 is 0.805. The molecule has 0 spiro atoms. The molecule has 0 bridgehead atoms. The van der Waals surface area contributed by atoms with Gasteiger partial charge in [-0.2, -0.15) is 0 Å². The van der Waals surface area contributed by atoms with Crippen molar-refractivity contribution in [2.75, 3.05) is 31.6 Å². The highest BCUT2D eigenvalue weighted by atomic mass is 79.9. The second-order valence-corrected chi connectivity index (χ2v) is 6.57. The van der Waals surface area contributed by atoms with E-state index in [9.17, 15) is 4.79 Å². The molecule has 0 aliphatic carbocycles. The summed E-state index contributed by atoms with van der Waals surface area (Å²) in [6.07, 6.45) is 0. The number of nitrogens with zero attached hydrogens (tertiary/aromatic N) is 2. The van der Waals surface area contributed by atoms with Gasteiger partial charge in [0.05, 0.1) is 5.56 Å². The highest BCUT2D eigenvalue weighted by molar-refractivity contribution is 9.10. The van der Waals surface area contributed by atoms with Gasteiger partial charge in [-0.25, -0.2) is 4.79 Å². The van der Waals surface area contributed by atoms with Crippen molar-refractivity contribution in [2.24, 2.45) is 0 Å². The maximum absolute atomic E-state index is 11.1. The standard InChI is InChI=1S/C14H19BrN2O2/c1-14(2)9-17(5-4-16(14)3)12-7-10(13(18)19)6-11(15)8-12/h6-8H,4-5,9H2,1-3H3,(H,18,19). The predicted molar refractivity (Wildman–Crippen MR) is 80.0 cm³/mol. The van der Waals surface area contributed by atoms with E-state index < -0.39 is 5.97 Å². The second kappa shape index (κ2) is 5.13. The zero-order valence-corrected chi connectivity index (χ0v) is 13.1. The van der Waals surface area contributed by atoms with Gasteiger partial charge in [-0.15, -0.1) is 0 Å². The number of benzene rings is 1. The van der Waals surface area contributed by atoms with Gasteiger partial charge in [0.1, 0.15) is 0 Å². The zero-order chi connectivity index (χ0) is 14.2. The molecule has 1 aromatic rings. The monoisotopic (exact) mass is 326 g/mol. The number of likely N-dealkylation sites (N-methyl/N-ethyl adjacent to an activating group) is 1. The Morgan fingerprint density at radius 2 is 2.00 bits per heavy atom. The largest absolute Gasteiger partial charge is 0.478 e. The average Bonchev–Trinajstić information content (AvgIpc) is 2.31. The van der Waals surface area contributed by atoms with Crippen LogP contribution in [0.4, 0.5) is 5.69 Å². The van der Waals surface area contributed by atoms with Crippen LogP contribution >= 0.6 is 15.9 Å². The van der Waals surface area contributed by atoms with Gasteiger partial charge < -0.3 is 10.0 Å². The molecule has 0 radical (unpaired) electrons. The van der Waals surface area contributed by atoms with Crippen molar-refractivity contribution in [3.63, 3.8) is 0 Å². The predicted octanol–water partition coefficient (Wildman–Crippen LogP) is 2.68. The smallest absolute Gasteiger partial charge is 0.335 e. The van der Waals surface area contributed by atoms with Crippen LogP contribution in [0, 0.1) is 0 Å². The molecule has 4 nitrogen and oxygen atoms in total. The summed E-state index contributed by atoms with van der Waals surface area (Å²) in [4.78, 5) is 15.7. The van der Waals surface area contributed by atoms with Gasteiger partial charge in [-0.1, -0.05) is 15.9 Å². The Morgan fingerprint density at radius 3 is 2.58 bits per heavy atom. The molecule has 1 fully saturated rings. The Hall–Kier alpha value is -1.07. The first-order valence-electron chi connectivity index (χ1n) is 6.30. The van der Waals surface area contributed by atoms with Gasteiger partial charge in [0, 0.05) is 35.3 Å². The fourth-order valence-electron chi connectivity index (χ4n) is 2.34. The van der Waals surface area contributed by atoms with Crippen LogP contribution in [-0.4, -0.2) is 48.2 Å². The lowest BCUT2D eigenvalue weighted by Crippen LogP contribution is -2.57. The number of rotatable bonds is 2. The van der Waals surface area contributed by atoms with Crippen LogP contribution in [0.2, 0.25) is 0 Å². The minimum Gasteiger partial charge on any atom is -0.478 e. The zero-order valence-electron chi connectivity index (χ0n) is 11.5. The van der Waals surface area contributed by atoms with Gasteiger partial charge in [0.25, 0.3) is 0 Å². The Labute approximate surface area is 122 Å². The first kappa shape index (κ1) is 14.3. The van der Waals surface area contributed by atoms with Crippen molar-refractivity contribution in [3.05, 3.63) is 28.2 Å². The van der Waals surface area contributed by atoms with Crippen LogP contribution < -0.4 is 4.90 Å². The minimum atomic E-state index is -0.893. The molecule has 0 aromatic heterocycles. The third kappa shape index (κ3) is 3.09. The number of aromatic carboxylic acids is 1. The molecule has 1 aromatic carbocycles. The van der Waals surface area contributed by atoms with Crippen molar-refractivity contribution in [1.29, 1.82) is 0 Å². The van der Waals surface area contributed by atoms with E-state index >= 15 is 0 Å². The summed E-state index contributed by atoms with van der Waals surface area (Å²) in [7, 11) is 2.13. The normalized spacial score (nSPS) is 19.5. The number of carboxylic acids is 1. The van der Waals surface area contributed by atoms with Crippen molar-refractivity contribution >= 4 is 27.6 Å². The molecule has 19 heavy (non-hydrogen) atoms. The maximum atomic E-state index is 11.1. The Balaban J connectivity index is 2.30. The molecule has 0 unspecified atom stereocenters. The first-order valence-corrected chi connectivity index (χ1v) is 7.09. The van der Waals surface area contributed by atoms with E-state index in [1.807, 2.05) is 6.07 Å². The SMILES string of the molecule is CN1CCN(c2cc(Br)cc(C(=O)O)c2)CC1(C)C. The van der Waals surface area contributed by atoms with Crippen LogP contribution in [-0.2, 0) is 0 Å². The maximum Gasteiger partial charge on any atom is 0.335 e. The summed E-state index contributed by atoms with van der Waals surface area (Å²) in [5, 5.41) is 9.13. The molecular formula is C14H19BrN2O2. The highest BCUT2D eigenvalue weighted by Crippen LogP contribution is 2.28. The number of carbonyl (C=O) groups is 1. The number of hydrogen-bond donors (Lipinski definition) is 1. The van der Waals surface area contributed by atoms with E-state index in [0.29, 0.717) is 5.56 Å². The Bertz CT molecular complexity index is 502. The number of halogens is 1. The van der Waals surface area contributed by atoms with Crippen molar-refractivity contribution in [3.8, 4) is 0 Å². The fraction of sp³-hybridized carbons (Fsp3) is 0.500. The van der Waals surface area contributed by atoms with Gasteiger partial charge in [-0.05, 0) is 39.1 Å². The number of piperazine rings is 1. The van der Waals surface area contributed by atoms with Crippen LogP contribution in [0.5, 0.6) is 0 Å². The summed E-state index contributed by atoms with van der Waals surface area (Å²) in [5.74, 6) is -0.893. The average molecular weight is 327 g/mol. The number of carboxylic acid groups (broad SMARTS) is 1. The van der Waals surface area contributed by atoms with Gasteiger partial charge >= 0.3 is 5.97 Å². The summed E-state index contributed by atoms with van der Waals surface area (Å²) in [6, 6.07) is 5.36. The van der Waals surface area contributed by atoms with E-state index in [-0.39, 0.29) is 5.54 Å². The molecule has 1 aliphatic rings. The Morgan fingerprint density at radius 1 is 1.32 bits per heavy atom. The first-order chi connectivity index (χ1) is 8.79. The van der Waals surface area contributed by atoms with Crippen LogP contribution in [0.15, 0.2) is 22.7 Å². The summed E-state index contributed by atoms with van der Waals surface area (Å²) >= 11 is 3.39. The molecule has 0 saturated carbocycles. The second-order valence-electron chi connectivity index (χ2n) is 5.66. The molecule has 5 heteroatoms. The lowest BCUT2D eigenvalue weighted by molar-refractivity contribution is 0.0697. The molecule has 1 saturated heterocycles. The highest BCUT2D eigenvalue weighted by Gasteiger charge is 2.31. The van der Waals surface area contributed by atoms with Crippen molar-refractivity contribution in [2.45, 2.75) is 19.4 Å². The quantitative estimate of drug-likeness (QED) is 0.907. The van der Waals surface area contributed by atoms with E-state index in [4.69, 9.17) is 5.11 Å². The van der Waals surface area contributed by atoms with Gasteiger partial charge in [-0.3, -0.25) is 4.90 Å². The van der Waals surface area contributed by atoms with Crippen LogP contribution in [0.25, 0.3) is 0 Å². The van der Waals surface area contributed by atoms with Gasteiger partial charge in [0.15, 0.2) is 0 Å². The molecule has 1 N–H and O–H groups in total. The molecule has 1 heterocycles. The molecule has 0 amide bonds. The third-order valence-electron chi connectivity index (χ3n) is 3.81. The van der Waals surface area contributed by atoms with Crippen LogP contribution in [0.3, 0.4) is 0 Å². The van der Waals surface area contributed by atoms with Crippen molar-refractivity contribution < 1.29 is 9.90 Å². The van der Waals surface area contributed by atoms with Gasteiger partial charge in [0.2, 0.25) is 0 Å². The molecule has 1 aliphatic heterocycles. The summed E-state index contributed by atoms with van der Waals surface area (Å²) in [5.41, 5.74) is 1.37. The van der Waals surface area contributed by atoms with Crippen LogP contribution in [0.1, 0.15) is 24.2 Å². The third-order valence-corrected chi connectivity index (χ3v) is 4.27. The topological polar surface area (TPSA) is 43.8 Å². The van der Waals surface area contributed by atoms with E-state index in [1.165, 1.54) is 0 Å². The molecular weight excluding hydrogens is 308 g/mol. The molecule has 2 rings (SSSR count). The minimum absolute atomic E-state index is 0.0873. The van der Waals surface area contributed by atoms with E-state index in [0.717, 1.165) is 29.8 Å². The number of hydrogen-bond acceptors (Lipinski definition) is 3. The fourth-order valence-corrected chi connectivity index (χ4v) is 2.82. The Kier molecular flexibility index (Phi) is 3.87. The van der Waals surface area contributed by atoms with Crippen molar-refractivity contribution in [1.82, 2.24) is 4.90 Å². The molecule has 104 valence electrons. The lowest BCUT2D eigenvalue weighted by Gasteiger charge is -2.46.